The lowest BCUT2D eigenvalue weighted by Gasteiger charge is -2.26. The van der Waals surface area contributed by atoms with Crippen LogP contribution in [0, 0.1) is 0 Å². The van der Waals surface area contributed by atoms with Gasteiger partial charge in [-0.15, -0.1) is 0 Å². The van der Waals surface area contributed by atoms with Gasteiger partial charge in [-0.3, -0.25) is 4.90 Å². The van der Waals surface area contributed by atoms with Gasteiger partial charge in [-0.2, -0.15) is 0 Å². The Morgan fingerprint density at radius 1 is 0.760 bits per heavy atom. The van der Waals surface area contributed by atoms with Crippen LogP contribution in [0.5, 0.6) is 0 Å². The number of piperazine rings is 1. The maximum absolute atomic E-state index is 8.08. The minimum Gasteiger partial charge on any atom is -0.379 e. The van der Waals surface area contributed by atoms with Crippen LogP contribution >= 0.6 is 0 Å². The third-order valence-electron chi connectivity index (χ3n) is 3.37. The second-order valence-corrected chi connectivity index (χ2v) is 5.31. The van der Waals surface area contributed by atoms with E-state index in [9.17, 15) is 0 Å². The smallest absolute Gasteiger partial charge is 0.0992 e. The average molecular weight is 361 g/mol. The van der Waals surface area contributed by atoms with Gasteiger partial charge < -0.3 is 29.0 Å². The van der Waals surface area contributed by atoms with Crippen molar-refractivity contribution < 1.29 is 23.7 Å². The average Bonchev–Trinajstić information content (AvgIpc) is 2.65. The molecule has 1 saturated heterocycles. The first-order valence-corrected chi connectivity index (χ1v) is 8.76. The highest BCUT2D eigenvalue weighted by atomic mass is 16.6. The Kier molecular flexibility index (Phi) is 15.8. The molecule has 0 aromatic carbocycles. The first kappa shape index (κ1) is 22.1. The van der Waals surface area contributed by atoms with Crippen LogP contribution in [0.15, 0.2) is 5.11 Å². The summed E-state index contributed by atoms with van der Waals surface area (Å²) in [6.45, 7) is 9.91. The Hall–Kier alpha value is -0.970. The summed E-state index contributed by atoms with van der Waals surface area (Å²) >= 11 is 0. The minimum atomic E-state index is 0.348. The second-order valence-electron chi connectivity index (χ2n) is 5.31. The summed E-state index contributed by atoms with van der Waals surface area (Å²) in [6.07, 6.45) is 0. The van der Waals surface area contributed by atoms with Crippen LogP contribution in [0.3, 0.4) is 0 Å². The molecule has 0 radical (unpaired) electrons. The summed E-state index contributed by atoms with van der Waals surface area (Å²) < 4.78 is 26.9. The molecular formula is C15H31N5O5. The van der Waals surface area contributed by atoms with Gasteiger partial charge in [-0.25, -0.2) is 0 Å². The maximum atomic E-state index is 8.08. The van der Waals surface area contributed by atoms with E-state index < -0.39 is 0 Å². The Morgan fingerprint density at radius 2 is 1.24 bits per heavy atom. The van der Waals surface area contributed by atoms with Crippen molar-refractivity contribution in [2.75, 3.05) is 98.9 Å². The molecule has 0 atom stereocenters. The number of azide groups is 1. The molecule has 10 nitrogen and oxygen atoms in total. The number of hydrogen-bond donors (Lipinski definition) is 1. The highest BCUT2D eigenvalue weighted by Gasteiger charge is 2.08. The maximum Gasteiger partial charge on any atom is 0.0992 e. The molecule has 0 aromatic rings. The zero-order valence-electron chi connectivity index (χ0n) is 14.9. The summed E-state index contributed by atoms with van der Waals surface area (Å²) in [5.41, 5.74) is 8.08. The van der Waals surface area contributed by atoms with Crippen LogP contribution in [-0.4, -0.2) is 104 Å². The molecule has 0 unspecified atom stereocenters. The van der Waals surface area contributed by atoms with Gasteiger partial charge in [0.05, 0.1) is 66.2 Å². The molecule has 146 valence electrons. The van der Waals surface area contributed by atoms with Gasteiger partial charge in [0, 0.05) is 37.6 Å². The van der Waals surface area contributed by atoms with Crippen molar-refractivity contribution in [1.82, 2.24) is 10.2 Å². The van der Waals surface area contributed by atoms with Crippen LogP contribution in [0.4, 0.5) is 0 Å². The van der Waals surface area contributed by atoms with Crippen molar-refractivity contribution in [2.45, 2.75) is 0 Å². The molecule has 0 aromatic heterocycles. The number of nitrogens with zero attached hydrogens (tertiary/aromatic N) is 4. The van der Waals surface area contributed by atoms with Crippen LogP contribution in [0.2, 0.25) is 0 Å². The standard InChI is InChI=1S/C15H31N5O5/c16-19-18-3-6-21-7-8-22-9-10-23-11-12-24-13-14-25-15-20-4-1-17-2-5-20/h17H,1-15H2. The lowest BCUT2D eigenvalue weighted by Crippen LogP contribution is -2.44. The SMILES string of the molecule is [N-]=[N+]=NCCOCCOCCOCCOCCOCN1CCNCC1. The van der Waals surface area contributed by atoms with Crippen molar-refractivity contribution in [2.24, 2.45) is 5.11 Å². The van der Waals surface area contributed by atoms with Gasteiger partial charge >= 0.3 is 0 Å². The van der Waals surface area contributed by atoms with Gasteiger partial charge in [0.2, 0.25) is 0 Å². The van der Waals surface area contributed by atoms with Crippen LogP contribution in [0.1, 0.15) is 0 Å². The zero-order valence-corrected chi connectivity index (χ0v) is 14.9. The zero-order chi connectivity index (χ0) is 17.8. The molecule has 25 heavy (non-hydrogen) atoms. The van der Waals surface area contributed by atoms with Crippen molar-refractivity contribution in [3.05, 3.63) is 10.4 Å². The third kappa shape index (κ3) is 15.0. The molecule has 0 bridgehead atoms. The van der Waals surface area contributed by atoms with E-state index >= 15 is 0 Å². The molecule has 1 aliphatic rings. The van der Waals surface area contributed by atoms with E-state index in [2.05, 4.69) is 20.2 Å². The van der Waals surface area contributed by atoms with E-state index in [1.54, 1.807) is 0 Å². The predicted octanol–water partition coefficient (Wildman–Crippen LogP) is 0.242. The predicted molar refractivity (Wildman–Crippen MR) is 92.6 cm³/mol. The Morgan fingerprint density at radius 3 is 1.76 bits per heavy atom. The quantitative estimate of drug-likeness (QED) is 0.171. The summed E-state index contributed by atoms with van der Waals surface area (Å²) in [4.78, 5) is 4.92. The molecule has 0 saturated carbocycles. The molecule has 1 N–H and O–H groups in total. The van der Waals surface area contributed by atoms with Crippen LogP contribution in [-0.2, 0) is 23.7 Å². The summed E-state index contributed by atoms with van der Waals surface area (Å²) in [7, 11) is 0. The summed E-state index contributed by atoms with van der Waals surface area (Å²) in [5.74, 6) is 0. The second kappa shape index (κ2) is 17.8. The topological polar surface area (TPSA) is 110 Å². The summed E-state index contributed by atoms with van der Waals surface area (Å²) in [6, 6.07) is 0. The number of rotatable bonds is 17. The minimum absolute atomic E-state index is 0.348. The van der Waals surface area contributed by atoms with Gasteiger partial charge in [0.1, 0.15) is 0 Å². The van der Waals surface area contributed by atoms with Crippen molar-refractivity contribution in [3.63, 3.8) is 0 Å². The number of hydrogen-bond acceptors (Lipinski definition) is 8. The molecule has 1 fully saturated rings. The molecule has 1 heterocycles. The van der Waals surface area contributed by atoms with Gasteiger partial charge in [-0.05, 0) is 5.53 Å². The van der Waals surface area contributed by atoms with Gasteiger partial charge in [0.15, 0.2) is 0 Å². The van der Waals surface area contributed by atoms with E-state index in [0.717, 1.165) is 26.2 Å². The first-order valence-electron chi connectivity index (χ1n) is 8.76. The summed E-state index contributed by atoms with van der Waals surface area (Å²) in [5, 5.41) is 6.67. The molecule has 10 heteroatoms. The fourth-order valence-electron chi connectivity index (χ4n) is 2.06. The van der Waals surface area contributed by atoms with E-state index in [4.69, 9.17) is 29.2 Å². The third-order valence-corrected chi connectivity index (χ3v) is 3.37. The number of ether oxygens (including phenoxy) is 5. The first-order chi connectivity index (χ1) is 12.4. The van der Waals surface area contributed by atoms with Gasteiger partial charge in [0.25, 0.3) is 0 Å². The molecular weight excluding hydrogens is 330 g/mol. The Balaban J connectivity index is 1.67. The van der Waals surface area contributed by atoms with Crippen molar-refractivity contribution in [3.8, 4) is 0 Å². The van der Waals surface area contributed by atoms with Crippen LogP contribution < -0.4 is 5.32 Å². The monoisotopic (exact) mass is 361 g/mol. The van der Waals surface area contributed by atoms with E-state index in [-0.39, 0.29) is 0 Å². The highest BCUT2D eigenvalue weighted by Crippen LogP contribution is 1.92. The normalized spacial score (nSPS) is 15.2. The number of nitrogens with one attached hydrogen (secondary N) is 1. The fourth-order valence-corrected chi connectivity index (χ4v) is 2.06. The van der Waals surface area contributed by atoms with Gasteiger partial charge in [-0.1, -0.05) is 5.11 Å². The molecule has 1 rings (SSSR count). The molecule has 0 amide bonds. The highest BCUT2D eigenvalue weighted by molar-refractivity contribution is 4.64. The lowest BCUT2D eigenvalue weighted by atomic mass is 10.4. The molecule has 0 spiro atoms. The Labute approximate surface area is 149 Å². The van der Waals surface area contributed by atoms with Crippen LogP contribution in [0.25, 0.3) is 10.4 Å². The van der Waals surface area contributed by atoms with E-state index in [1.807, 2.05) is 0 Å². The lowest BCUT2D eigenvalue weighted by molar-refractivity contribution is -0.0278. The fraction of sp³-hybridized carbons (Fsp3) is 1.00. The largest absolute Gasteiger partial charge is 0.379 e. The van der Waals surface area contributed by atoms with Crippen molar-refractivity contribution in [1.29, 1.82) is 0 Å². The molecule has 1 aliphatic heterocycles. The Bertz CT molecular complexity index is 338. The van der Waals surface area contributed by atoms with E-state index in [0.29, 0.717) is 72.7 Å². The van der Waals surface area contributed by atoms with E-state index in [1.165, 1.54) is 0 Å². The molecule has 0 aliphatic carbocycles. The van der Waals surface area contributed by atoms with Crippen molar-refractivity contribution >= 4 is 0 Å².